The van der Waals surface area contributed by atoms with Crippen LogP contribution in [0.15, 0.2) is 12.3 Å². The standard InChI is InChI=1S/C16H24N4O2/c1-12-17-7-4-14(19-12)10-18-16(21)20-8-5-15(6-9-20)22-11-13-2-3-13/h4,7,13,15H,2-3,5-6,8-11H2,1H3,(H,18,21). The molecule has 2 amide bonds. The molecule has 0 atom stereocenters. The number of hydrogen-bond acceptors (Lipinski definition) is 4. The minimum atomic E-state index is -0.0168. The van der Waals surface area contributed by atoms with Crippen molar-refractivity contribution in [1.82, 2.24) is 20.2 Å². The first-order valence-electron chi connectivity index (χ1n) is 8.13. The maximum absolute atomic E-state index is 12.2. The molecule has 1 aliphatic heterocycles. The molecule has 2 aliphatic rings. The zero-order valence-electron chi connectivity index (χ0n) is 13.1. The van der Waals surface area contributed by atoms with Crippen molar-refractivity contribution in [2.45, 2.75) is 45.3 Å². The van der Waals surface area contributed by atoms with E-state index in [1.165, 1.54) is 12.8 Å². The average Bonchev–Trinajstić information content (AvgIpc) is 3.35. The minimum Gasteiger partial charge on any atom is -0.378 e. The van der Waals surface area contributed by atoms with Gasteiger partial charge >= 0.3 is 6.03 Å². The Morgan fingerprint density at radius 1 is 1.36 bits per heavy atom. The van der Waals surface area contributed by atoms with E-state index < -0.39 is 0 Å². The van der Waals surface area contributed by atoms with E-state index in [1.807, 2.05) is 17.9 Å². The van der Waals surface area contributed by atoms with Gasteiger partial charge in [0.25, 0.3) is 0 Å². The Balaban J connectivity index is 1.37. The summed E-state index contributed by atoms with van der Waals surface area (Å²) in [6, 6.07) is 1.81. The summed E-state index contributed by atoms with van der Waals surface area (Å²) >= 11 is 0. The second-order valence-corrected chi connectivity index (χ2v) is 6.22. The van der Waals surface area contributed by atoms with Gasteiger partial charge in [-0.3, -0.25) is 0 Å². The van der Waals surface area contributed by atoms with Crippen LogP contribution >= 0.6 is 0 Å². The molecule has 2 heterocycles. The van der Waals surface area contributed by atoms with E-state index in [0.29, 0.717) is 12.6 Å². The first-order chi connectivity index (χ1) is 10.7. The van der Waals surface area contributed by atoms with Crippen LogP contribution in [0.5, 0.6) is 0 Å². The molecule has 6 nitrogen and oxygen atoms in total. The van der Waals surface area contributed by atoms with Gasteiger partial charge in [-0.2, -0.15) is 0 Å². The quantitative estimate of drug-likeness (QED) is 0.902. The molecule has 1 N–H and O–H groups in total. The van der Waals surface area contributed by atoms with Crippen molar-refractivity contribution in [2.24, 2.45) is 5.92 Å². The molecular formula is C16H24N4O2. The maximum atomic E-state index is 12.2. The van der Waals surface area contributed by atoms with Crippen molar-refractivity contribution >= 4 is 6.03 Å². The largest absolute Gasteiger partial charge is 0.378 e. The first kappa shape index (κ1) is 15.2. The maximum Gasteiger partial charge on any atom is 0.317 e. The summed E-state index contributed by atoms with van der Waals surface area (Å²) in [4.78, 5) is 22.4. The molecule has 2 fully saturated rings. The molecule has 0 radical (unpaired) electrons. The zero-order valence-corrected chi connectivity index (χ0v) is 13.1. The third-order valence-electron chi connectivity index (χ3n) is 4.25. The van der Waals surface area contributed by atoms with E-state index in [0.717, 1.165) is 50.0 Å². The van der Waals surface area contributed by atoms with Crippen LogP contribution in [-0.4, -0.2) is 46.7 Å². The van der Waals surface area contributed by atoms with Crippen molar-refractivity contribution < 1.29 is 9.53 Å². The number of aromatic nitrogens is 2. The highest BCUT2D eigenvalue weighted by Gasteiger charge is 2.26. The Morgan fingerprint density at radius 2 is 2.14 bits per heavy atom. The molecule has 1 aliphatic carbocycles. The zero-order chi connectivity index (χ0) is 15.4. The fraction of sp³-hybridized carbons (Fsp3) is 0.688. The summed E-state index contributed by atoms with van der Waals surface area (Å²) in [6.45, 7) is 4.73. The van der Waals surface area contributed by atoms with Gasteiger partial charge in [0.15, 0.2) is 0 Å². The number of carbonyl (C=O) groups is 1. The summed E-state index contributed by atoms with van der Waals surface area (Å²) < 4.78 is 5.90. The molecule has 120 valence electrons. The lowest BCUT2D eigenvalue weighted by molar-refractivity contribution is 0.00945. The Kier molecular flexibility index (Phi) is 4.87. The lowest BCUT2D eigenvalue weighted by atomic mass is 10.1. The number of urea groups is 1. The van der Waals surface area contributed by atoms with Gasteiger partial charge in [-0.25, -0.2) is 14.8 Å². The number of carbonyl (C=O) groups excluding carboxylic acids is 1. The van der Waals surface area contributed by atoms with Gasteiger partial charge in [-0.05, 0) is 44.6 Å². The van der Waals surface area contributed by atoms with E-state index in [1.54, 1.807) is 6.20 Å². The lowest BCUT2D eigenvalue weighted by Gasteiger charge is -2.32. The van der Waals surface area contributed by atoms with Crippen LogP contribution in [0.2, 0.25) is 0 Å². The molecule has 0 aromatic carbocycles. The summed E-state index contributed by atoms with van der Waals surface area (Å²) in [5.41, 5.74) is 0.837. The number of piperidine rings is 1. The number of nitrogens with one attached hydrogen (secondary N) is 1. The molecule has 0 bridgehead atoms. The van der Waals surface area contributed by atoms with Gasteiger partial charge in [0.05, 0.1) is 18.3 Å². The predicted molar refractivity (Wildman–Crippen MR) is 82.3 cm³/mol. The summed E-state index contributed by atoms with van der Waals surface area (Å²) in [5.74, 6) is 1.53. The van der Waals surface area contributed by atoms with Gasteiger partial charge < -0.3 is 15.0 Å². The van der Waals surface area contributed by atoms with Crippen molar-refractivity contribution in [3.8, 4) is 0 Å². The van der Waals surface area contributed by atoms with Gasteiger partial charge in [-0.1, -0.05) is 0 Å². The Bertz CT molecular complexity index is 511. The predicted octanol–water partition coefficient (Wildman–Crippen LogP) is 1.89. The van der Waals surface area contributed by atoms with Crippen molar-refractivity contribution in [2.75, 3.05) is 19.7 Å². The van der Waals surface area contributed by atoms with E-state index in [9.17, 15) is 4.79 Å². The molecule has 1 aromatic heterocycles. The van der Waals surface area contributed by atoms with Crippen LogP contribution < -0.4 is 5.32 Å². The van der Waals surface area contributed by atoms with Crippen LogP contribution in [0.4, 0.5) is 4.79 Å². The van der Waals surface area contributed by atoms with Crippen LogP contribution in [0.3, 0.4) is 0 Å². The SMILES string of the molecule is Cc1nccc(CNC(=O)N2CCC(OCC3CC3)CC2)n1. The van der Waals surface area contributed by atoms with E-state index >= 15 is 0 Å². The normalized spacial score (nSPS) is 19.2. The number of nitrogens with zero attached hydrogens (tertiary/aromatic N) is 3. The third kappa shape index (κ3) is 4.40. The molecule has 1 aromatic rings. The fourth-order valence-corrected chi connectivity index (χ4v) is 2.66. The highest BCUT2D eigenvalue weighted by molar-refractivity contribution is 5.74. The Labute approximate surface area is 131 Å². The molecule has 6 heteroatoms. The van der Waals surface area contributed by atoms with E-state index in [2.05, 4.69) is 15.3 Å². The number of ether oxygens (including phenoxy) is 1. The number of likely N-dealkylation sites (tertiary alicyclic amines) is 1. The number of hydrogen-bond donors (Lipinski definition) is 1. The van der Waals surface area contributed by atoms with Gasteiger partial charge in [0.2, 0.25) is 0 Å². The second-order valence-electron chi connectivity index (χ2n) is 6.22. The Hall–Kier alpha value is -1.69. The van der Waals surface area contributed by atoms with Crippen LogP contribution in [0.25, 0.3) is 0 Å². The second kappa shape index (κ2) is 7.05. The molecule has 3 rings (SSSR count). The smallest absolute Gasteiger partial charge is 0.317 e. The molecule has 0 unspecified atom stereocenters. The molecule has 0 spiro atoms. The minimum absolute atomic E-state index is 0.0168. The molecule has 1 saturated heterocycles. The summed E-state index contributed by atoms with van der Waals surface area (Å²) in [7, 11) is 0. The molecule has 1 saturated carbocycles. The third-order valence-corrected chi connectivity index (χ3v) is 4.25. The topological polar surface area (TPSA) is 67.4 Å². The number of rotatable bonds is 5. The molecular weight excluding hydrogens is 280 g/mol. The highest BCUT2D eigenvalue weighted by atomic mass is 16.5. The van der Waals surface area contributed by atoms with Crippen LogP contribution in [0.1, 0.15) is 37.2 Å². The summed E-state index contributed by atoms with van der Waals surface area (Å²) in [5, 5.41) is 2.93. The van der Waals surface area contributed by atoms with E-state index in [-0.39, 0.29) is 6.03 Å². The number of aryl methyl sites for hydroxylation is 1. The Morgan fingerprint density at radius 3 is 2.82 bits per heavy atom. The van der Waals surface area contributed by atoms with Crippen molar-refractivity contribution in [3.05, 3.63) is 23.8 Å². The fourth-order valence-electron chi connectivity index (χ4n) is 2.66. The highest BCUT2D eigenvalue weighted by Crippen LogP contribution is 2.30. The van der Waals surface area contributed by atoms with Gasteiger partial charge in [0.1, 0.15) is 5.82 Å². The number of amides is 2. The van der Waals surface area contributed by atoms with E-state index in [4.69, 9.17) is 4.74 Å². The van der Waals surface area contributed by atoms with Crippen molar-refractivity contribution in [1.29, 1.82) is 0 Å². The monoisotopic (exact) mass is 304 g/mol. The van der Waals surface area contributed by atoms with Gasteiger partial charge in [-0.15, -0.1) is 0 Å². The summed E-state index contributed by atoms with van der Waals surface area (Å²) in [6.07, 6.45) is 6.56. The van der Waals surface area contributed by atoms with Gasteiger partial charge in [0, 0.05) is 25.9 Å². The first-order valence-corrected chi connectivity index (χ1v) is 8.13. The molecule has 22 heavy (non-hydrogen) atoms. The van der Waals surface area contributed by atoms with Crippen LogP contribution in [-0.2, 0) is 11.3 Å². The van der Waals surface area contributed by atoms with Crippen LogP contribution in [0, 0.1) is 12.8 Å². The average molecular weight is 304 g/mol. The van der Waals surface area contributed by atoms with Crippen molar-refractivity contribution in [3.63, 3.8) is 0 Å². The lowest BCUT2D eigenvalue weighted by Crippen LogP contribution is -2.45.